The molecule has 0 spiro atoms. The van der Waals surface area contributed by atoms with E-state index >= 15 is 0 Å². The summed E-state index contributed by atoms with van der Waals surface area (Å²) in [7, 11) is 0. The molecule has 55 heteroatoms. The number of hydrogen-bond acceptors (Lipinski definition) is 29. The van der Waals surface area contributed by atoms with Crippen LogP contribution in [0.15, 0.2) is 67.3 Å². The molecule has 1 aliphatic heterocycles. The van der Waals surface area contributed by atoms with Crippen LogP contribution in [0, 0.1) is 23.2 Å². The molecule has 0 unspecified atom stereocenters. The third kappa shape index (κ3) is 46.1. The minimum absolute atomic E-state index is 0.0144. The van der Waals surface area contributed by atoms with Crippen molar-refractivity contribution in [1.82, 2.24) is 114 Å². The van der Waals surface area contributed by atoms with E-state index in [1.807, 2.05) is 6.26 Å². The van der Waals surface area contributed by atoms with Crippen molar-refractivity contribution in [3.05, 3.63) is 84.1 Å². The summed E-state index contributed by atoms with van der Waals surface area (Å²) in [6.07, 6.45) is 2.57. The summed E-state index contributed by atoms with van der Waals surface area (Å²) in [5.41, 5.74) is 29.1. The lowest BCUT2D eigenvalue weighted by Crippen LogP contribution is -2.60. The molecule has 32 N–H and O–H groups in total. The lowest BCUT2D eigenvalue weighted by Gasteiger charge is -2.32. The van der Waals surface area contributed by atoms with E-state index in [0.29, 0.717) is 27.9 Å². The lowest BCUT2D eigenvalue weighted by atomic mass is 10.0. The highest BCUT2D eigenvalue weighted by Crippen LogP contribution is 2.21. The fourth-order valence-corrected chi connectivity index (χ4v) is 15.5. The minimum Gasteiger partial charge on any atom is -0.480 e. The van der Waals surface area contributed by atoms with Gasteiger partial charge in [-0.15, -0.1) is 0 Å². The van der Waals surface area contributed by atoms with Crippen LogP contribution in [0.2, 0.25) is 0 Å². The summed E-state index contributed by atoms with van der Waals surface area (Å²) in [6, 6.07) is -4.62. The number of aromatic nitrogens is 3. The Bertz CT molecular complexity index is 5150. The van der Waals surface area contributed by atoms with Crippen molar-refractivity contribution in [1.29, 1.82) is 5.41 Å². The first-order chi connectivity index (χ1) is 68.9. The molecule has 1 saturated heterocycles. The van der Waals surface area contributed by atoms with Crippen LogP contribution < -0.4 is 114 Å². The first-order valence-electron chi connectivity index (χ1n) is 47.3. The molecule has 0 aliphatic carbocycles. The Labute approximate surface area is 845 Å². The number of rotatable bonds is 62. The Morgan fingerprint density at radius 1 is 0.432 bits per heavy atom. The van der Waals surface area contributed by atoms with Crippen molar-refractivity contribution in [3.8, 4) is 0 Å². The van der Waals surface area contributed by atoms with Gasteiger partial charge >= 0.3 is 17.9 Å². The topological polar surface area (TPSA) is 840 Å². The number of carbonyl (C=O) groups excluding carboxylic acids is 19. The summed E-state index contributed by atoms with van der Waals surface area (Å²) in [6.45, 7) is 8.64. The van der Waals surface area contributed by atoms with Crippen molar-refractivity contribution >= 4 is 164 Å². The average molecular weight is 2070 g/mol. The number of imidazole rings is 1. The molecule has 54 nitrogen and oxygen atoms in total. The molecule has 146 heavy (non-hydrogen) atoms. The number of carboxylic acid groups (broad SMARTS) is 3. The molecule has 804 valence electrons. The molecule has 2 aromatic heterocycles. The van der Waals surface area contributed by atoms with Gasteiger partial charge in [-0.25, -0.2) is 4.98 Å². The van der Waals surface area contributed by atoms with Gasteiger partial charge < -0.3 is 139 Å². The van der Waals surface area contributed by atoms with E-state index in [1.54, 1.807) is 91.6 Å². The third-order valence-corrected chi connectivity index (χ3v) is 23.3. The second-order valence-corrected chi connectivity index (χ2v) is 37.1. The van der Waals surface area contributed by atoms with Crippen LogP contribution in [-0.2, 0) is 114 Å². The monoisotopic (exact) mass is 2070 g/mol. The first kappa shape index (κ1) is 121. The van der Waals surface area contributed by atoms with Gasteiger partial charge in [0, 0.05) is 119 Å². The van der Waals surface area contributed by atoms with Gasteiger partial charge in [0.15, 0.2) is 5.96 Å². The third-order valence-electron chi connectivity index (χ3n) is 22.7. The Morgan fingerprint density at radius 2 is 0.877 bits per heavy atom. The summed E-state index contributed by atoms with van der Waals surface area (Å²) in [4.78, 5) is 312. The normalized spacial score (nSPS) is 15.0. The van der Waals surface area contributed by atoms with Gasteiger partial charge in [0.2, 0.25) is 106 Å². The van der Waals surface area contributed by atoms with E-state index in [1.165, 1.54) is 55.5 Å². The van der Waals surface area contributed by atoms with Crippen molar-refractivity contribution in [2.75, 3.05) is 122 Å². The van der Waals surface area contributed by atoms with Gasteiger partial charge in [0.05, 0.1) is 64.3 Å². The maximum atomic E-state index is 14.7. The van der Waals surface area contributed by atoms with Crippen molar-refractivity contribution in [3.63, 3.8) is 0 Å². The highest BCUT2D eigenvalue weighted by molar-refractivity contribution is 7.98. The van der Waals surface area contributed by atoms with E-state index in [0.717, 1.165) is 0 Å². The van der Waals surface area contributed by atoms with Gasteiger partial charge in [0.25, 0.3) is 5.91 Å². The van der Waals surface area contributed by atoms with E-state index in [2.05, 4.69) is 100 Å². The highest BCUT2D eigenvalue weighted by atomic mass is 32.2. The number of nitrogens with two attached hydrogens (primary N) is 5. The second kappa shape index (κ2) is 62.5. The standard InChI is InChI=1S/C91H139N29O25S/c1-49(2)34-63(113-83(138)60(14-11-24-99-91(96)97)111-84(139)61(19-21-68(92)121)110-81(136)53-15-17-55(18-16-53)106-71(124)41-101-74(127)44-117-25-27-118(45-75(128)129)29-31-120(47-77(132)133)32-30-119(28-26-117)46-76(130)131)82(137)102-42-72(125)108-67(38-70(94)123)89(144)112-62(20-22-69(93)122)85(140)115-65(36-54-39-100-58-13-10-9-12-57(54)58)86(141)105-52(7)80(135)116-78(51(5)6)90(145)103-43-73(126)107-66(37-56-40-98-48-104-56)88(143)114-64(35-50(3)4)87(142)109-59(79(95)134)23-33-146-8/h9-10,12-13,15-18,39-40,48-52,59-67,78,100H,11,14,19-38,41-47H2,1-8H3,(H2,92,121)(H2,93,122)(H2,94,123)(H2,95,134)(H,98,104)(H,101,127)(H,102,137)(H,103,145)(H,105,141)(H,106,124)(H,107,126)(H,108,125)(H,109,142)(H,110,136)(H,111,139)(H,112,144)(H,113,138)(H,114,143)(H,115,140)(H,116,135)(H,128,129)(H,130,131)(H,132,133)(H4,96,97,99)/t52-,59-,60-,61-,62-,63-,64-,65-,66-,67-,78-/m0/s1. The molecule has 1 fully saturated rings. The van der Waals surface area contributed by atoms with Crippen molar-refractivity contribution < 1.29 is 121 Å². The van der Waals surface area contributed by atoms with Gasteiger partial charge in [-0.05, 0) is 118 Å². The predicted octanol–water partition coefficient (Wildman–Crippen LogP) is -8.24. The maximum Gasteiger partial charge on any atom is 0.317 e. The molecule has 2 aromatic carbocycles. The number of H-pyrrole nitrogens is 2. The van der Waals surface area contributed by atoms with E-state index < -0.39 is 273 Å². The van der Waals surface area contributed by atoms with Crippen LogP contribution in [0.4, 0.5) is 5.69 Å². The summed E-state index contributed by atoms with van der Waals surface area (Å²) in [5, 5.41) is 77.1. The van der Waals surface area contributed by atoms with Crippen LogP contribution >= 0.6 is 11.8 Å². The van der Waals surface area contributed by atoms with E-state index in [9.17, 15) is 121 Å². The number of carbonyl (C=O) groups is 22. The largest absolute Gasteiger partial charge is 0.480 e. The zero-order valence-corrected chi connectivity index (χ0v) is 83.6. The Kier molecular flexibility index (Phi) is 52.0. The molecule has 0 bridgehead atoms. The SMILES string of the molecule is CSCC[C@H](NC(=O)[C@H](CC(C)C)NC(=O)[C@H](Cc1c[nH]cn1)NC(=O)CNC(=O)[C@@H](NC(=O)[C@H](C)NC(=O)[C@H](Cc1c[nH]c2ccccc12)NC(=O)[C@H](CCC(N)=O)NC(=O)[C@H](CC(N)=O)NC(=O)CNC(=O)[C@H](CC(C)C)NC(=O)[C@H](CCCNC(=N)N)NC(=O)[C@H](CCC(N)=O)NC(=O)c1ccc(NC(=O)CNC(=O)CN2CCN(CC(=O)O)CCN(CC(=O)O)CCN(CC(=O)O)CC2)cc1)C(C)C)C(N)=O. The number of aromatic amines is 2. The zero-order chi connectivity index (χ0) is 109. The van der Waals surface area contributed by atoms with Crippen LogP contribution in [-0.4, -0.2) is 369 Å². The molecule has 19 amide bonds. The average Bonchev–Trinajstić information content (AvgIpc) is 1.67. The van der Waals surface area contributed by atoms with Crippen LogP contribution in [0.25, 0.3) is 10.9 Å². The number of fused-ring (bicyclic) bond motifs is 1. The van der Waals surface area contributed by atoms with Crippen LogP contribution in [0.3, 0.4) is 0 Å². The Balaban J connectivity index is 1.26. The fourth-order valence-electron chi connectivity index (χ4n) is 15.1. The zero-order valence-electron chi connectivity index (χ0n) is 82.8. The summed E-state index contributed by atoms with van der Waals surface area (Å²) >= 11 is 1.43. The van der Waals surface area contributed by atoms with Gasteiger partial charge in [-0.3, -0.25) is 130 Å². The van der Waals surface area contributed by atoms with Gasteiger partial charge in [-0.1, -0.05) is 59.7 Å². The fraction of sp³-hybridized carbons (Fsp3) is 0.560. The number of thioether (sulfide) groups is 1. The quantitative estimate of drug-likeness (QED) is 0.0111. The number of hydrogen-bond donors (Lipinski definition) is 27. The van der Waals surface area contributed by atoms with Gasteiger partial charge in [-0.2, -0.15) is 11.8 Å². The van der Waals surface area contributed by atoms with Crippen LogP contribution in [0.1, 0.15) is 134 Å². The maximum absolute atomic E-state index is 14.7. The minimum atomic E-state index is -1.94. The predicted molar refractivity (Wildman–Crippen MR) is 529 cm³/mol. The summed E-state index contributed by atoms with van der Waals surface area (Å²) in [5.74, 6) is -22.6. The molecule has 4 aromatic rings. The number of primary amides is 4. The number of para-hydroxylation sites is 1. The molecule has 11 atom stereocenters. The lowest BCUT2D eigenvalue weighted by molar-refractivity contribution is -0.140. The molecular weight excluding hydrogens is 1930 g/mol. The molecular formula is C91H139N29O25S. The number of carboxylic acids is 3. The number of anilines is 1. The number of aliphatic carboxylic acids is 3. The number of nitrogens with zero attached hydrogens (tertiary/aromatic N) is 5. The molecule has 3 heterocycles. The Morgan fingerprint density at radius 3 is 1.36 bits per heavy atom. The second-order valence-electron chi connectivity index (χ2n) is 36.2. The summed E-state index contributed by atoms with van der Waals surface area (Å²) < 4.78 is 0. The first-order valence-corrected chi connectivity index (χ1v) is 48.7. The van der Waals surface area contributed by atoms with Crippen LogP contribution in [0.5, 0.6) is 0 Å². The van der Waals surface area contributed by atoms with E-state index in [-0.39, 0.29) is 140 Å². The van der Waals surface area contributed by atoms with Crippen molar-refractivity contribution in [2.45, 2.75) is 192 Å². The smallest absolute Gasteiger partial charge is 0.317 e. The molecule has 1 aliphatic rings. The molecule has 5 rings (SSSR count). The van der Waals surface area contributed by atoms with Crippen molar-refractivity contribution in [2.24, 2.45) is 46.4 Å². The number of nitrogens with one attached hydrogen (secondary N) is 19. The van der Waals surface area contributed by atoms with Gasteiger partial charge in [0.1, 0.15) is 66.5 Å². The number of amides is 19. The highest BCUT2D eigenvalue weighted by Gasteiger charge is 2.38. The molecule has 0 saturated carbocycles. The molecule has 0 radical (unpaired) electrons. The van der Waals surface area contributed by atoms with E-state index in [4.69, 9.17) is 34.1 Å². The Hall–Kier alpha value is -15.0. The number of guanidine groups is 1. The number of benzene rings is 2.